The third kappa shape index (κ3) is 5.99. The molecule has 6 nitrogen and oxygen atoms in total. The average Bonchev–Trinajstić information content (AvgIpc) is 3.04. The van der Waals surface area contributed by atoms with Gasteiger partial charge in [0.25, 0.3) is 10.2 Å². The summed E-state index contributed by atoms with van der Waals surface area (Å²) in [5.74, 6) is -0.204. The van der Waals surface area contributed by atoms with E-state index in [0.717, 1.165) is 23.1 Å². The largest absolute Gasteiger partial charge is 0.481 e. The van der Waals surface area contributed by atoms with E-state index in [1.807, 2.05) is 0 Å². The van der Waals surface area contributed by atoms with E-state index in [4.69, 9.17) is 5.11 Å². The van der Waals surface area contributed by atoms with Gasteiger partial charge in [0.15, 0.2) is 0 Å². The smallest absolute Gasteiger partial charge is 0.304 e. The summed E-state index contributed by atoms with van der Waals surface area (Å²) >= 11 is 0. The van der Waals surface area contributed by atoms with Crippen molar-refractivity contribution in [1.29, 1.82) is 0 Å². The highest BCUT2D eigenvalue weighted by Crippen LogP contribution is 2.33. The number of carboxylic acid groups (broad SMARTS) is 1. The topological polar surface area (TPSA) is 86.7 Å². The van der Waals surface area contributed by atoms with E-state index < -0.39 is 16.2 Å². The highest BCUT2D eigenvalue weighted by atomic mass is 32.2. The van der Waals surface area contributed by atoms with Crippen LogP contribution in [0.25, 0.3) is 0 Å². The molecule has 0 bridgehead atoms. The number of carboxylic acids is 1. The lowest BCUT2D eigenvalue weighted by atomic mass is 10.2. The molecule has 0 heterocycles. The van der Waals surface area contributed by atoms with E-state index in [1.165, 1.54) is 19.9 Å². The van der Waals surface area contributed by atoms with E-state index >= 15 is 0 Å². The molecule has 0 radical (unpaired) electrons. The molecule has 0 aromatic carbocycles. The van der Waals surface area contributed by atoms with Gasteiger partial charge in [-0.15, -0.1) is 0 Å². The summed E-state index contributed by atoms with van der Waals surface area (Å²) < 4.78 is 26.8. The van der Waals surface area contributed by atoms with E-state index in [2.05, 4.69) is 4.72 Å². The third-order valence-corrected chi connectivity index (χ3v) is 4.39. The van der Waals surface area contributed by atoms with Crippen molar-refractivity contribution in [1.82, 2.24) is 9.03 Å². The first kappa shape index (κ1) is 14.4. The second kappa shape index (κ2) is 6.32. The van der Waals surface area contributed by atoms with Gasteiger partial charge in [0.1, 0.15) is 0 Å². The molecule has 0 atom stereocenters. The van der Waals surface area contributed by atoms with Gasteiger partial charge in [0.05, 0.1) is 6.42 Å². The lowest BCUT2D eigenvalue weighted by Crippen LogP contribution is -2.39. The Morgan fingerprint density at radius 2 is 2.12 bits per heavy atom. The van der Waals surface area contributed by atoms with Gasteiger partial charge in [0, 0.05) is 20.1 Å². The van der Waals surface area contributed by atoms with Crippen molar-refractivity contribution in [3.63, 3.8) is 0 Å². The average molecular weight is 264 g/mol. The first-order valence-corrected chi connectivity index (χ1v) is 7.28. The van der Waals surface area contributed by atoms with Crippen molar-refractivity contribution in [3.05, 3.63) is 0 Å². The van der Waals surface area contributed by atoms with Gasteiger partial charge in [-0.1, -0.05) is 12.8 Å². The van der Waals surface area contributed by atoms with Crippen LogP contribution in [0.1, 0.15) is 32.1 Å². The molecule has 1 aliphatic carbocycles. The second-order valence-corrected chi connectivity index (χ2v) is 6.31. The predicted octanol–water partition coefficient (Wildman–Crippen LogP) is 0.417. The maximum atomic E-state index is 11.6. The molecule has 0 saturated heterocycles. The molecule has 17 heavy (non-hydrogen) atoms. The van der Waals surface area contributed by atoms with Gasteiger partial charge >= 0.3 is 5.97 Å². The highest BCUT2D eigenvalue weighted by Gasteiger charge is 2.21. The zero-order valence-corrected chi connectivity index (χ0v) is 10.9. The molecule has 7 heteroatoms. The monoisotopic (exact) mass is 264 g/mol. The van der Waals surface area contributed by atoms with Crippen molar-refractivity contribution in [2.45, 2.75) is 32.1 Å². The Bertz CT molecular complexity index is 351. The van der Waals surface area contributed by atoms with Gasteiger partial charge in [0.2, 0.25) is 0 Å². The lowest BCUT2D eigenvalue weighted by Gasteiger charge is -2.16. The lowest BCUT2D eigenvalue weighted by molar-refractivity contribution is -0.137. The minimum Gasteiger partial charge on any atom is -0.481 e. The summed E-state index contributed by atoms with van der Waals surface area (Å²) in [5, 5.41) is 8.47. The Morgan fingerprint density at radius 3 is 2.65 bits per heavy atom. The maximum absolute atomic E-state index is 11.6. The van der Waals surface area contributed by atoms with Crippen LogP contribution in [-0.4, -0.2) is 43.9 Å². The molecule has 0 amide bonds. The second-order valence-electron chi connectivity index (χ2n) is 4.45. The van der Waals surface area contributed by atoms with Crippen LogP contribution in [0, 0.1) is 5.92 Å². The van der Waals surface area contributed by atoms with Crippen LogP contribution >= 0.6 is 0 Å². The molecule has 0 aromatic heterocycles. The number of carbonyl (C=O) groups is 1. The standard InChI is InChI=1S/C10H20N2O4S/c1-12(8-6-10(13)14)17(15,16)11-7-2-3-9-4-5-9/h9,11H,2-8H2,1H3,(H,13,14). The summed E-state index contributed by atoms with van der Waals surface area (Å²) in [6.45, 7) is 0.420. The molecule has 2 N–H and O–H groups in total. The zero-order chi connectivity index (χ0) is 12.9. The van der Waals surface area contributed by atoms with Crippen LogP contribution < -0.4 is 4.72 Å². The van der Waals surface area contributed by atoms with Gasteiger partial charge in [-0.2, -0.15) is 12.7 Å². The zero-order valence-electron chi connectivity index (χ0n) is 10.1. The Kier molecular flexibility index (Phi) is 5.35. The predicted molar refractivity (Wildman–Crippen MR) is 63.8 cm³/mol. The molecule has 1 fully saturated rings. The molecular formula is C10H20N2O4S. The third-order valence-electron chi connectivity index (χ3n) is 2.82. The minimum absolute atomic E-state index is 0.00666. The summed E-state index contributed by atoms with van der Waals surface area (Å²) in [5.41, 5.74) is 0. The number of nitrogens with zero attached hydrogens (tertiary/aromatic N) is 1. The van der Waals surface area contributed by atoms with Crippen LogP contribution in [0.4, 0.5) is 0 Å². The van der Waals surface area contributed by atoms with Crippen molar-refractivity contribution >= 4 is 16.2 Å². The normalized spacial score (nSPS) is 16.4. The first-order chi connectivity index (χ1) is 7.92. The molecule has 0 unspecified atom stereocenters. The van der Waals surface area contributed by atoms with E-state index in [9.17, 15) is 13.2 Å². The number of rotatable bonds is 9. The fourth-order valence-electron chi connectivity index (χ4n) is 1.48. The Balaban J connectivity index is 2.20. The van der Waals surface area contributed by atoms with E-state index in [0.29, 0.717) is 6.54 Å². The number of nitrogens with one attached hydrogen (secondary N) is 1. The molecular weight excluding hydrogens is 244 g/mol. The molecule has 0 aliphatic heterocycles. The molecule has 1 rings (SSSR count). The Hall–Kier alpha value is -0.660. The van der Waals surface area contributed by atoms with Crippen LogP contribution in [0.5, 0.6) is 0 Å². The summed E-state index contributed by atoms with van der Waals surface area (Å²) in [7, 11) is -2.13. The van der Waals surface area contributed by atoms with Crippen molar-refractivity contribution in [2.24, 2.45) is 5.92 Å². The molecule has 0 aromatic rings. The summed E-state index contributed by atoms with van der Waals surface area (Å²) in [4.78, 5) is 10.3. The fourth-order valence-corrected chi connectivity index (χ4v) is 2.44. The van der Waals surface area contributed by atoms with E-state index in [-0.39, 0.29) is 13.0 Å². The van der Waals surface area contributed by atoms with Gasteiger partial charge in [-0.25, -0.2) is 4.72 Å². The van der Waals surface area contributed by atoms with Crippen LogP contribution in [0.15, 0.2) is 0 Å². The number of hydrogen-bond acceptors (Lipinski definition) is 3. The van der Waals surface area contributed by atoms with Crippen molar-refractivity contribution in [2.75, 3.05) is 20.1 Å². The van der Waals surface area contributed by atoms with Crippen molar-refractivity contribution in [3.8, 4) is 0 Å². The number of hydrogen-bond donors (Lipinski definition) is 2. The van der Waals surface area contributed by atoms with Gasteiger partial charge < -0.3 is 5.11 Å². The summed E-state index contributed by atoms with van der Waals surface area (Å²) in [6.07, 6.45) is 4.27. The highest BCUT2D eigenvalue weighted by molar-refractivity contribution is 7.87. The van der Waals surface area contributed by atoms with Crippen LogP contribution in [-0.2, 0) is 15.0 Å². The Labute approximate surface area is 102 Å². The molecule has 100 valence electrons. The number of aliphatic carboxylic acids is 1. The Morgan fingerprint density at radius 1 is 1.47 bits per heavy atom. The molecule has 1 aliphatic rings. The summed E-state index contributed by atoms with van der Waals surface area (Å²) in [6, 6.07) is 0. The molecule has 0 spiro atoms. The quantitative estimate of drug-likeness (QED) is 0.591. The first-order valence-electron chi connectivity index (χ1n) is 5.84. The van der Waals surface area contributed by atoms with Gasteiger partial charge in [-0.05, 0) is 18.8 Å². The van der Waals surface area contributed by atoms with Crippen LogP contribution in [0.3, 0.4) is 0 Å². The molecule has 1 saturated carbocycles. The van der Waals surface area contributed by atoms with E-state index in [1.54, 1.807) is 0 Å². The van der Waals surface area contributed by atoms with Crippen molar-refractivity contribution < 1.29 is 18.3 Å². The minimum atomic E-state index is -3.51. The fraction of sp³-hybridized carbons (Fsp3) is 0.900. The van der Waals surface area contributed by atoms with Crippen LogP contribution in [0.2, 0.25) is 0 Å². The van der Waals surface area contributed by atoms with Gasteiger partial charge in [-0.3, -0.25) is 4.79 Å². The maximum Gasteiger partial charge on any atom is 0.304 e. The SMILES string of the molecule is CN(CCC(=O)O)S(=O)(=O)NCCCC1CC1.